The molecule has 1 heterocycles. The van der Waals surface area contributed by atoms with Crippen LogP contribution in [0.5, 0.6) is 0 Å². The Hall–Kier alpha value is 0.270. The highest BCUT2D eigenvalue weighted by Crippen LogP contribution is 2.14. The minimum Gasteiger partial charge on any atom is -0.312 e. The van der Waals surface area contributed by atoms with Crippen LogP contribution in [0.25, 0.3) is 0 Å². The second kappa shape index (κ2) is 7.57. The van der Waals surface area contributed by atoms with Crippen LogP contribution >= 0.6 is 11.8 Å². The van der Waals surface area contributed by atoms with Crippen molar-refractivity contribution in [3.05, 3.63) is 0 Å². The van der Waals surface area contributed by atoms with Gasteiger partial charge in [-0.1, -0.05) is 13.8 Å². The van der Waals surface area contributed by atoms with Gasteiger partial charge in [0.25, 0.3) is 0 Å². The van der Waals surface area contributed by atoms with Crippen molar-refractivity contribution in [2.24, 2.45) is 5.92 Å². The number of rotatable bonds is 5. The molecule has 2 atom stereocenters. The molecule has 96 valence electrons. The van der Waals surface area contributed by atoms with E-state index >= 15 is 0 Å². The first-order valence-electron chi connectivity index (χ1n) is 6.61. The van der Waals surface area contributed by atoms with Gasteiger partial charge in [0.2, 0.25) is 0 Å². The van der Waals surface area contributed by atoms with Crippen molar-refractivity contribution in [2.75, 3.05) is 31.6 Å². The maximum atomic E-state index is 3.68. The first kappa shape index (κ1) is 14.3. The number of nitrogens with zero attached hydrogens (tertiary/aromatic N) is 1. The average molecular weight is 244 g/mol. The molecule has 1 fully saturated rings. The van der Waals surface area contributed by atoms with Gasteiger partial charge in [-0.25, -0.2) is 0 Å². The topological polar surface area (TPSA) is 15.3 Å². The van der Waals surface area contributed by atoms with E-state index in [0.717, 1.165) is 12.0 Å². The average Bonchev–Trinajstić information content (AvgIpc) is 2.51. The molecule has 16 heavy (non-hydrogen) atoms. The third-order valence-corrected chi connectivity index (χ3v) is 4.27. The maximum absolute atomic E-state index is 3.68. The van der Waals surface area contributed by atoms with Crippen LogP contribution in [-0.2, 0) is 0 Å². The van der Waals surface area contributed by atoms with E-state index in [2.05, 4.69) is 37.2 Å². The summed E-state index contributed by atoms with van der Waals surface area (Å²) >= 11 is 1.96. The van der Waals surface area contributed by atoms with Crippen molar-refractivity contribution in [3.8, 4) is 0 Å². The second-order valence-electron chi connectivity index (χ2n) is 5.28. The summed E-state index contributed by atoms with van der Waals surface area (Å²) in [5.74, 6) is 2.03. The Morgan fingerprint density at radius 3 is 2.75 bits per heavy atom. The fourth-order valence-electron chi connectivity index (χ4n) is 2.30. The van der Waals surface area contributed by atoms with E-state index in [1.165, 1.54) is 38.2 Å². The van der Waals surface area contributed by atoms with Gasteiger partial charge in [0, 0.05) is 18.6 Å². The van der Waals surface area contributed by atoms with Crippen LogP contribution in [-0.4, -0.2) is 48.6 Å². The van der Waals surface area contributed by atoms with Gasteiger partial charge in [-0.3, -0.25) is 4.90 Å². The predicted octanol–water partition coefficient (Wildman–Crippen LogP) is 2.45. The Balaban J connectivity index is 2.44. The van der Waals surface area contributed by atoms with E-state index < -0.39 is 0 Å². The molecule has 0 aromatic carbocycles. The monoisotopic (exact) mass is 244 g/mol. The lowest BCUT2D eigenvalue weighted by atomic mass is 10.0. The highest BCUT2D eigenvalue weighted by molar-refractivity contribution is 7.98. The highest BCUT2D eigenvalue weighted by atomic mass is 32.2. The smallest absolute Gasteiger partial charge is 0.0218 e. The summed E-state index contributed by atoms with van der Waals surface area (Å²) in [5.41, 5.74) is 0. The third-order valence-electron chi connectivity index (χ3n) is 3.63. The molecule has 0 saturated carbocycles. The maximum Gasteiger partial charge on any atom is 0.0218 e. The van der Waals surface area contributed by atoms with Crippen LogP contribution in [0.15, 0.2) is 0 Å². The first-order valence-corrected chi connectivity index (χ1v) is 8.01. The van der Waals surface area contributed by atoms with Crippen LogP contribution in [0.1, 0.15) is 33.6 Å². The molecule has 0 spiro atoms. The van der Waals surface area contributed by atoms with Gasteiger partial charge in [-0.05, 0) is 50.8 Å². The predicted molar refractivity (Wildman–Crippen MR) is 75.3 cm³/mol. The SMILES string of the molecule is CSCCC(C)N1CCCNC(C(C)C)C1. The lowest BCUT2D eigenvalue weighted by Crippen LogP contribution is -2.44. The summed E-state index contributed by atoms with van der Waals surface area (Å²) in [6.45, 7) is 10.7. The van der Waals surface area contributed by atoms with E-state index in [4.69, 9.17) is 0 Å². The number of hydrogen-bond acceptors (Lipinski definition) is 3. The Labute approximate surface area is 106 Å². The minimum absolute atomic E-state index is 0.680. The molecule has 0 aliphatic carbocycles. The zero-order valence-electron chi connectivity index (χ0n) is 11.3. The fraction of sp³-hybridized carbons (Fsp3) is 1.00. The zero-order valence-corrected chi connectivity index (χ0v) is 12.1. The minimum atomic E-state index is 0.680. The second-order valence-corrected chi connectivity index (χ2v) is 6.27. The van der Waals surface area contributed by atoms with E-state index in [0.29, 0.717) is 6.04 Å². The van der Waals surface area contributed by atoms with Crippen LogP contribution in [0, 0.1) is 5.92 Å². The molecule has 1 aliphatic rings. The van der Waals surface area contributed by atoms with Gasteiger partial charge in [-0.2, -0.15) is 11.8 Å². The van der Waals surface area contributed by atoms with Gasteiger partial charge < -0.3 is 5.32 Å². The Morgan fingerprint density at radius 1 is 1.38 bits per heavy atom. The molecule has 2 unspecified atom stereocenters. The molecule has 0 aromatic heterocycles. The largest absolute Gasteiger partial charge is 0.312 e. The van der Waals surface area contributed by atoms with E-state index in [1.807, 2.05) is 11.8 Å². The van der Waals surface area contributed by atoms with Crippen molar-refractivity contribution >= 4 is 11.8 Å². The lowest BCUT2D eigenvalue weighted by molar-refractivity contribution is 0.188. The number of thioether (sulfide) groups is 1. The van der Waals surface area contributed by atoms with Crippen molar-refractivity contribution in [1.82, 2.24) is 10.2 Å². The van der Waals surface area contributed by atoms with Crippen LogP contribution in [0.2, 0.25) is 0 Å². The molecule has 1 aliphatic heterocycles. The van der Waals surface area contributed by atoms with Crippen molar-refractivity contribution in [2.45, 2.75) is 45.7 Å². The molecule has 3 heteroatoms. The third kappa shape index (κ3) is 4.64. The summed E-state index contributed by atoms with van der Waals surface area (Å²) in [4.78, 5) is 2.68. The normalized spacial score (nSPS) is 25.7. The number of nitrogens with one attached hydrogen (secondary N) is 1. The summed E-state index contributed by atoms with van der Waals surface area (Å²) < 4.78 is 0. The molecule has 1 rings (SSSR count). The standard InChI is InChI=1S/C13H28N2S/c1-11(2)13-10-15(8-5-7-14-13)12(3)6-9-16-4/h11-14H,5-10H2,1-4H3. The van der Waals surface area contributed by atoms with E-state index in [-0.39, 0.29) is 0 Å². The molecular weight excluding hydrogens is 216 g/mol. The van der Waals surface area contributed by atoms with Crippen molar-refractivity contribution < 1.29 is 0 Å². The van der Waals surface area contributed by atoms with Crippen LogP contribution < -0.4 is 5.32 Å². The molecule has 0 aromatic rings. The zero-order chi connectivity index (χ0) is 12.0. The van der Waals surface area contributed by atoms with Crippen molar-refractivity contribution in [1.29, 1.82) is 0 Å². The summed E-state index contributed by atoms with van der Waals surface area (Å²) in [7, 11) is 0. The molecule has 0 radical (unpaired) electrons. The Morgan fingerprint density at radius 2 is 2.12 bits per heavy atom. The van der Waals surface area contributed by atoms with Gasteiger partial charge in [0.05, 0.1) is 0 Å². The van der Waals surface area contributed by atoms with E-state index in [9.17, 15) is 0 Å². The molecule has 2 nitrogen and oxygen atoms in total. The van der Waals surface area contributed by atoms with Crippen molar-refractivity contribution in [3.63, 3.8) is 0 Å². The quantitative estimate of drug-likeness (QED) is 0.800. The highest BCUT2D eigenvalue weighted by Gasteiger charge is 2.22. The van der Waals surface area contributed by atoms with Gasteiger partial charge in [0.15, 0.2) is 0 Å². The summed E-state index contributed by atoms with van der Waals surface area (Å²) in [5, 5.41) is 3.68. The first-order chi connectivity index (χ1) is 7.65. The van der Waals surface area contributed by atoms with Gasteiger partial charge in [0.1, 0.15) is 0 Å². The Bertz CT molecular complexity index is 185. The summed E-state index contributed by atoms with van der Waals surface area (Å²) in [6, 6.07) is 1.42. The van der Waals surface area contributed by atoms with E-state index in [1.54, 1.807) is 0 Å². The molecule has 0 amide bonds. The molecule has 1 saturated heterocycles. The molecule has 1 N–H and O–H groups in total. The van der Waals surface area contributed by atoms with Gasteiger partial charge >= 0.3 is 0 Å². The number of hydrogen-bond donors (Lipinski definition) is 1. The Kier molecular flexibility index (Phi) is 6.78. The fourth-order valence-corrected chi connectivity index (χ4v) is 2.87. The van der Waals surface area contributed by atoms with Gasteiger partial charge in [-0.15, -0.1) is 0 Å². The summed E-state index contributed by atoms with van der Waals surface area (Å²) in [6.07, 6.45) is 4.83. The van der Waals surface area contributed by atoms with Crippen LogP contribution in [0.3, 0.4) is 0 Å². The molecular formula is C13H28N2S. The van der Waals surface area contributed by atoms with Crippen LogP contribution in [0.4, 0.5) is 0 Å². The molecule has 0 bridgehead atoms. The lowest BCUT2D eigenvalue weighted by Gasteiger charge is -2.31.